The van der Waals surface area contributed by atoms with Crippen molar-refractivity contribution in [2.75, 3.05) is 43.4 Å². The molecule has 1 saturated heterocycles. The van der Waals surface area contributed by atoms with E-state index in [-0.39, 0.29) is 12.5 Å². The Morgan fingerprint density at radius 3 is 2.50 bits per heavy atom. The summed E-state index contributed by atoms with van der Waals surface area (Å²) < 4.78 is 30.7. The number of amides is 1. The second-order valence-electron chi connectivity index (χ2n) is 5.25. The van der Waals surface area contributed by atoms with Gasteiger partial charge in [-0.1, -0.05) is 25.1 Å². The molecular formula is C15H22N2O4S. The summed E-state index contributed by atoms with van der Waals surface area (Å²) in [6.45, 7) is 3.79. The largest absolute Gasteiger partial charge is 0.378 e. The van der Waals surface area contributed by atoms with Crippen molar-refractivity contribution in [3.8, 4) is 0 Å². The molecule has 122 valence electrons. The molecular weight excluding hydrogens is 304 g/mol. The predicted molar refractivity (Wildman–Crippen MR) is 85.4 cm³/mol. The molecule has 0 unspecified atom stereocenters. The lowest BCUT2D eigenvalue weighted by Gasteiger charge is -2.30. The lowest BCUT2D eigenvalue weighted by molar-refractivity contribution is -0.133. The highest BCUT2D eigenvalue weighted by Crippen LogP contribution is 2.23. The Morgan fingerprint density at radius 2 is 1.91 bits per heavy atom. The molecule has 0 aromatic heterocycles. The number of benzene rings is 1. The number of hydrogen-bond acceptors (Lipinski definition) is 4. The average molecular weight is 326 g/mol. The summed E-state index contributed by atoms with van der Waals surface area (Å²) in [5, 5.41) is 0. The molecule has 0 radical (unpaired) electrons. The standard InChI is InChI=1S/C15H22N2O4S/c1-3-13-6-4-5-7-14(13)17(22(2,19)20)12-15(18)16-8-10-21-11-9-16/h4-7H,3,8-12H2,1-2H3. The second kappa shape index (κ2) is 7.11. The molecule has 1 heterocycles. The van der Waals surface area contributed by atoms with Gasteiger partial charge in [-0.2, -0.15) is 0 Å². The van der Waals surface area contributed by atoms with Gasteiger partial charge in [0.25, 0.3) is 0 Å². The molecule has 1 aromatic carbocycles. The number of morpholine rings is 1. The van der Waals surface area contributed by atoms with Crippen LogP contribution in [0.3, 0.4) is 0 Å². The zero-order chi connectivity index (χ0) is 16.2. The van der Waals surface area contributed by atoms with Crippen LogP contribution >= 0.6 is 0 Å². The van der Waals surface area contributed by atoms with E-state index in [1.165, 1.54) is 4.31 Å². The van der Waals surface area contributed by atoms with Crippen molar-refractivity contribution in [1.29, 1.82) is 0 Å². The monoisotopic (exact) mass is 326 g/mol. The number of nitrogens with zero attached hydrogens (tertiary/aromatic N) is 2. The van der Waals surface area contributed by atoms with Gasteiger partial charge in [-0.25, -0.2) is 8.42 Å². The van der Waals surface area contributed by atoms with Crippen LogP contribution in [0.25, 0.3) is 0 Å². The van der Waals surface area contributed by atoms with Crippen LogP contribution in [0.5, 0.6) is 0 Å². The number of hydrogen-bond donors (Lipinski definition) is 0. The molecule has 1 amide bonds. The van der Waals surface area contributed by atoms with Gasteiger partial charge >= 0.3 is 0 Å². The Morgan fingerprint density at radius 1 is 1.27 bits per heavy atom. The van der Waals surface area contributed by atoms with Crippen molar-refractivity contribution in [1.82, 2.24) is 4.90 Å². The Labute approximate surface area is 131 Å². The molecule has 1 fully saturated rings. The summed E-state index contributed by atoms with van der Waals surface area (Å²) in [6.07, 6.45) is 1.83. The minimum absolute atomic E-state index is 0.171. The van der Waals surface area contributed by atoms with E-state index >= 15 is 0 Å². The molecule has 0 spiro atoms. The average Bonchev–Trinajstić information content (AvgIpc) is 2.52. The van der Waals surface area contributed by atoms with Crippen molar-refractivity contribution < 1.29 is 17.9 Å². The van der Waals surface area contributed by atoms with Crippen LogP contribution in [0, 0.1) is 0 Å². The number of carbonyl (C=O) groups excluding carboxylic acids is 1. The van der Waals surface area contributed by atoms with E-state index in [1.807, 2.05) is 19.1 Å². The van der Waals surface area contributed by atoms with Gasteiger partial charge < -0.3 is 9.64 Å². The van der Waals surface area contributed by atoms with Gasteiger partial charge in [-0.15, -0.1) is 0 Å². The molecule has 1 aliphatic heterocycles. The molecule has 6 nitrogen and oxygen atoms in total. The predicted octanol–water partition coefficient (Wildman–Crippen LogP) is 0.874. The Kier molecular flexibility index (Phi) is 5.42. The van der Waals surface area contributed by atoms with Crippen LogP contribution in [0.2, 0.25) is 0 Å². The third-order valence-corrected chi connectivity index (χ3v) is 4.81. The fourth-order valence-electron chi connectivity index (χ4n) is 2.47. The van der Waals surface area contributed by atoms with E-state index in [0.717, 1.165) is 11.8 Å². The fourth-order valence-corrected chi connectivity index (χ4v) is 3.35. The van der Waals surface area contributed by atoms with E-state index < -0.39 is 10.0 Å². The van der Waals surface area contributed by atoms with Crippen LogP contribution in [-0.4, -0.2) is 58.3 Å². The van der Waals surface area contributed by atoms with E-state index in [4.69, 9.17) is 4.74 Å². The van der Waals surface area contributed by atoms with Crippen molar-refractivity contribution in [3.05, 3.63) is 29.8 Å². The number of anilines is 1. The summed E-state index contributed by atoms with van der Waals surface area (Å²) in [5.74, 6) is -0.195. The number of rotatable bonds is 5. The minimum atomic E-state index is -3.53. The van der Waals surface area contributed by atoms with E-state index in [9.17, 15) is 13.2 Å². The molecule has 0 bridgehead atoms. The van der Waals surface area contributed by atoms with Gasteiger partial charge in [0, 0.05) is 13.1 Å². The highest BCUT2D eigenvalue weighted by molar-refractivity contribution is 7.92. The second-order valence-corrected chi connectivity index (χ2v) is 7.15. The molecule has 1 aromatic rings. The number of para-hydroxylation sites is 1. The minimum Gasteiger partial charge on any atom is -0.378 e. The van der Waals surface area contributed by atoms with E-state index in [2.05, 4.69) is 0 Å². The van der Waals surface area contributed by atoms with Crippen molar-refractivity contribution in [3.63, 3.8) is 0 Å². The van der Waals surface area contributed by atoms with Gasteiger partial charge in [-0.3, -0.25) is 9.10 Å². The van der Waals surface area contributed by atoms with Crippen LogP contribution < -0.4 is 4.31 Å². The molecule has 0 N–H and O–H groups in total. The normalized spacial score (nSPS) is 15.6. The summed E-state index contributed by atoms with van der Waals surface area (Å²) >= 11 is 0. The van der Waals surface area contributed by atoms with Gasteiger partial charge in [0.05, 0.1) is 25.2 Å². The molecule has 0 saturated carbocycles. The van der Waals surface area contributed by atoms with Gasteiger partial charge in [-0.05, 0) is 18.1 Å². The van der Waals surface area contributed by atoms with Crippen LogP contribution in [0.1, 0.15) is 12.5 Å². The van der Waals surface area contributed by atoms with E-state index in [1.54, 1.807) is 17.0 Å². The zero-order valence-corrected chi connectivity index (χ0v) is 13.8. The zero-order valence-electron chi connectivity index (χ0n) is 13.0. The number of sulfonamides is 1. The number of aryl methyl sites for hydroxylation is 1. The number of carbonyl (C=O) groups is 1. The van der Waals surface area contributed by atoms with Gasteiger partial charge in [0.2, 0.25) is 15.9 Å². The molecule has 1 aliphatic rings. The Balaban J connectivity index is 2.25. The smallest absolute Gasteiger partial charge is 0.243 e. The van der Waals surface area contributed by atoms with Crippen LogP contribution in [-0.2, 0) is 26.0 Å². The highest BCUT2D eigenvalue weighted by Gasteiger charge is 2.26. The summed E-state index contributed by atoms with van der Waals surface area (Å²) in [4.78, 5) is 14.0. The summed E-state index contributed by atoms with van der Waals surface area (Å²) in [7, 11) is -3.53. The molecule has 0 atom stereocenters. The van der Waals surface area contributed by atoms with Crippen LogP contribution in [0.4, 0.5) is 5.69 Å². The van der Waals surface area contributed by atoms with Crippen LogP contribution in [0.15, 0.2) is 24.3 Å². The van der Waals surface area contributed by atoms with Gasteiger partial charge in [0.15, 0.2) is 0 Å². The van der Waals surface area contributed by atoms with Crippen molar-refractivity contribution >= 4 is 21.6 Å². The lowest BCUT2D eigenvalue weighted by atomic mass is 10.1. The summed E-state index contributed by atoms with van der Waals surface area (Å²) in [5.41, 5.74) is 1.48. The first-order valence-electron chi connectivity index (χ1n) is 7.34. The summed E-state index contributed by atoms with van der Waals surface area (Å²) in [6, 6.07) is 7.28. The molecule has 2 rings (SSSR count). The fraction of sp³-hybridized carbons (Fsp3) is 0.533. The number of ether oxygens (including phenoxy) is 1. The Hall–Kier alpha value is -1.60. The first kappa shape index (κ1) is 16.8. The third-order valence-electron chi connectivity index (χ3n) is 3.68. The van der Waals surface area contributed by atoms with E-state index in [0.29, 0.717) is 38.4 Å². The highest BCUT2D eigenvalue weighted by atomic mass is 32.2. The molecule has 7 heteroatoms. The van der Waals surface area contributed by atoms with Gasteiger partial charge in [0.1, 0.15) is 6.54 Å². The Bertz CT molecular complexity index is 624. The maximum Gasteiger partial charge on any atom is 0.243 e. The first-order chi connectivity index (χ1) is 10.4. The first-order valence-corrected chi connectivity index (χ1v) is 9.19. The third kappa shape index (κ3) is 3.98. The lowest BCUT2D eigenvalue weighted by Crippen LogP contribution is -2.47. The van der Waals surface area contributed by atoms with Crippen molar-refractivity contribution in [2.24, 2.45) is 0 Å². The molecule has 0 aliphatic carbocycles. The maximum atomic E-state index is 12.4. The topological polar surface area (TPSA) is 66.9 Å². The molecule has 22 heavy (non-hydrogen) atoms. The maximum absolute atomic E-state index is 12.4. The SMILES string of the molecule is CCc1ccccc1N(CC(=O)N1CCOCC1)S(C)(=O)=O. The van der Waals surface area contributed by atoms with Crippen molar-refractivity contribution in [2.45, 2.75) is 13.3 Å². The quantitative estimate of drug-likeness (QED) is 0.805.